The van der Waals surface area contributed by atoms with E-state index in [0.717, 1.165) is 110 Å². The van der Waals surface area contributed by atoms with Gasteiger partial charge in [0.05, 0.1) is 0 Å². The zero-order valence-electron chi connectivity index (χ0n) is 44.5. The van der Waals surface area contributed by atoms with E-state index in [2.05, 4.69) is 56.3 Å². The number of amides is 2. The van der Waals surface area contributed by atoms with E-state index >= 15 is 0 Å². The Morgan fingerprint density at radius 1 is 0.590 bits per heavy atom. The molecule has 4 heterocycles. The molecule has 2 aliphatic rings. The Kier molecular flexibility index (Phi) is 17.6. The van der Waals surface area contributed by atoms with Gasteiger partial charge in [-0.15, -0.1) is 0 Å². The highest BCUT2D eigenvalue weighted by Gasteiger charge is 2.21. The van der Waals surface area contributed by atoms with Gasteiger partial charge in [-0.1, -0.05) is 30.3 Å². The zero-order valence-corrected chi connectivity index (χ0v) is 44.5. The first-order chi connectivity index (χ1) is 37.5. The summed E-state index contributed by atoms with van der Waals surface area (Å²) in [7, 11) is 0. The quantitative estimate of drug-likeness (QED) is 0.0794. The van der Waals surface area contributed by atoms with Crippen LogP contribution in [0.4, 0.5) is 24.5 Å². The van der Waals surface area contributed by atoms with Crippen molar-refractivity contribution in [2.45, 2.75) is 85.0 Å². The molecular formula is C63H67F3N8O4. The third-order valence-corrected chi connectivity index (χ3v) is 13.9. The van der Waals surface area contributed by atoms with Crippen LogP contribution in [0.15, 0.2) is 158 Å². The van der Waals surface area contributed by atoms with Crippen molar-refractivity contribution in [2.24, 2.45) is 11.5 Å². The monoisotopic (exact) mass is 1060 g/mol. The van der Waals surface area contributed by atoms with E-state index in [1.54, 1.807) is 48.5 Å². The molecule has 10 rings (SSSR count). The second-order valence-electron chi connectivity index (χ2n) is 20.6. The van der Waals surface area contributed by atoms with Gasteiger partial charge >= 0.3 is 0 Å². The van der Waals surface area contributed by atoms with E-state index in [9.17, 15) is 22.8 Å². The Morgan fingerprint density at radius 3 is 1.50 bits per heavy atom. The molecule has 2 saturated heterocycles. The molecule has 6 N–H and O–H groups in total. The normalized spacial score (nSPS) is 15.8. The molecule has 0 radical (unpaired) electrons. The summed E-state index contributed by atoms with van der Waals surface area (Å²) in [5.74, 6) is 0.672. The molecule has 15 heteroatoms. The molecule has 2 aliphatic heterocycles. The van der Waals surface area contributed by atoms with E-state index in [1.165, 1.54) is 30.3 Å². The van der Waals surface area contributed by atoms with Crippen LogP contribution in [-0.2, 0) is 13.1 Å². The van der Waals surface area contributed by atoms with Gasteiger partial charge in [0.1, 0.15) is 28.8 Å². The molecule has 78 heavy (non-hydrogen) atoms. The van der Waals surface area contributed by atoms with Gasteiger partial charge in [0.25, 0.3) is 18.2 Å². The number of hydrogen-bond acceptors (Lipinski definition) is 8. The maximum atomic E-state index is 13.6. The van der Waals surface area contributed by atoms with Crippen molar-refractivity contribution in [1.29, 1.82) is 0 Å². The van der Waals surface area contributed by atoms with Crippen LogP contribution >= 0.6 is 0 Å². The fourth-order valence-electron chi connectivity index (χ4n) is 9.89. The second-order valence-corrected chi connectivity index (χ2v) is 20.6. The van der Waals surface area contributed by atoms with Gasteiger partial charge in [0.15, 0.2) is 0 Å². The summed E-state index contributed by atoms with van der Waals surface area (Å²) in [6.45, 7) is 13.1. The lowest BCUT2D eigenvalue weighted by Gasteiger charge is -2.30. The van der Waals surface area contributed by atoms with Gasteiger partial charge in [-0.3, -0.25) is 19.4 Å². The molecular weight excluding hydrogens is 990 g/mol. The number of carbonyl (C=O) groups excluding carboxylic acids is 2. The average Bonchev–Trinajstić information content (AvgIpc) is 4.08. The number of rotatable bonds is 15. The first-order valence-corrected chi connectivity index (χ1v) is 26.4. The lowest BCUT2D eigenvalue weighted by atomic mass is 10.0. The lowest BCUT2D eigenvalue weighted by Crippen LogP contribution is -2.42. The lowest BCUT2D eigenvalue weighted by molar-refractivity contribution is 0.101. The summed E-state index contributed by atoms with van der Waals surface area (Å²) >= 11 is 0. The van der Waals surface area contributed by atoms with Crippen LogP contribution in [0, 0.1) is 33.5 Å². The molecule has 0 aliphatic carbocycles. The number of nitrogens with one attached hydrogen (secondary N) is 2. The molecule has 0 bridgehead atoms. The van der Waals surface area contributed by atoms with Gasteiger partial charge < -0.3 is 40.7 Å². The molecule has 0 spiro atoms. The maximum absolute atomic E-state index is 13.6. The summed E-state index contributed by atoms with van der Waals surface area (Å²) in [4.78, 5) is 31.4. The number of nitrogens with two attached hydrogens (primary N) is 2. The van der Waals surface area contributed by atoms with Crippen molar-refractivity contribution in [3.63, 3.8) is 0 Å². The SMILES string of the molecule is Cc1ccn(-c2cc(CN3CCC[C@H](N)C3)cc(NC(=O)c3ccc(C)c(Oc4cccc(C(F)F)c4)c3)c2)c1.Cc1ccn(-c2cc(CN3CCC[C@H](N)C3)cc(NC(=O)c3ccc(C)c(Oc4cccc(F)c4)c3)c2)c1. The number of nitrogens with zero attached hydrogens (tertiary/aromatic N) is 4. The standard InChI is InChI=1S/C32H34F2N4O2.C31H33FN4O2/c1-21-10-12-38(18-21)28-14-23(19-37-11-4-6-26(35)20-37)13-27(17-28)36-32(39)25-9-8-22(2)30(16-25)40-29-7-3-5-24(15-29)31(33)34;1-21-10-12-36(18-21)28-14-23(19-35-11-4-6-26(33)20-35)13-27(17-28)34-31(37)24-9-8-22(2)30(15-24)38-29-7-3-5-25(32)16-29/h3,5,7-10,12-18,26,31H,4,6,11,19-20,35H2,1-2H3,(H,36,39);3,5,7-10,12-18,26H,4,6,11,19-20,33H2,1-2H3,(H,34,37)/t2*26-/m00/s1. The molecule has 0 saturated carbocycles. The van der Waals surface area contributed by atoms with Gasteiger partial charge in [0, 0.05) is 109 Å². The predicted molar refractivity (Wildman–Crippen MR) is 302 cm³/mol. The molecule has 8 aromatic rings. The van der Waals surface area contributed by atoms with Gasteiger partial charge in [0.2, 0.25) is 0 Å². The Labute approximate surface area is 454 Å². The van der Waals surface area contributed by atoms with Crippen LogP contribution in [0.2, 0.25) is 0 Å². The van der Waals surface area contributed by atoms with Crippen LogP contribution < -0.4 is 31.6 Å². The van der Waals surface area contributed by atoms with Crippen LogP contribution in [0.3, 0.4) is 0 Å². The van der Waals surface area contributed by atoms with Gasteiger partial charge in [-0.25, -0.2) is 13.2 Å². The second kappa shape index (κ2) is 25.0. The topological polar surface area (TPSA) is 145 Å². The highest BCUT2D eigenvalue weighted by atomic mass is 19.3. The Morgan fingerprint density at radius 2 is 1.06 bits per heavy atom. The van der Waals surface area contributed by atoms with Crippen LogP contribution in [0.25, 0.3) is 11.4 Å². The Balaban J connectivity index is 0.000000190. The van der Waals surface area contributed by atoms with Crippen molar-refractivity contribution in [3.05, 3.63) is 214 Å². The minimum absolute atomic E-state index is 0.121. The molecule has 404 valence electrons. The number of piperidine rings is 2. The van der Waals surface area contributed by atoms with Crippen molar-refractivity contribution in [3.8, 4) is 34.4 Å². The molecule has 2 fully saturated rings. The Hall–Kier alpha value is -7.95. The highest BCUT2D eigenvalue weighted by molar-refractivity contribution is 6.05. The largest absolute Gasteiger partial charge is 0.457 e. The van der Waals surface area contributed by atoms with E-state index in [-0.39, 0.29) is 41.0 Å². The van der Waals surface area contributed by atoms with Crippen molar-refractivity contribution >= 4 is 23.2 Å². The van der Waals surface area contributed by atoms with Crippen molar-refractivity contribution < 1.29 is 32.2 Å². The number of carbonyl (C=O) groups is 2. The third kappa shape index (κ3) is 14.7. The molecule has 2 aromatic heterocycles. The number of benzene rings is 6. The number of anilines is 2. The summed E-state index contributed by atoms with van der Waals surface area (Å²) in [5, 5.41) is 6.12. The molecule has 12 nitrogen and oxygen atoms in total. The number of ether oxygens (including phenoxy) is 2. The number of halogens is 3. The molecule has 2 amide bonds. The van der Waals surface area contributed by atoms with Crippen LogP contribution in [0.5, 0.6) is 23.0 Å². The summed E-state index contributed by atoms with van der Waals surface area (Å²) < 4.78 is 55.8. The highest BCUT2D eigenvalue weighted by Crippen LogP contribution is 2.32. The van der Waals surface area contributed by atoms with Gasteiger partial charge in [-0.2, -0.15) is 0 Å². The first kappa shape index (κ1) is 54.8. The van der Waals surface area contributed by atoms with E-state index in [0.29, 0.717) is 39.8 Å². The average molecular weight is 1060 g/mol. The van der Waals surface area contributed by atoms with Crippen molar-refractivity contribution in [1.82, 2.24) is 18.9 Å². The number of likely N-dealkylation sites (tertiary alicyclic amines) is 2. The minimum atomic E-state index is -2.59. The number of aromatic nitrogens is 2. The molecule has 6 aromatic carbocycles. The number of aryl methyl sites for hydroxylation is 4. The van der Waals surface area contributed by atoms with Gasteiger partial charge in [-0.05, 0) is 197 Å². The smallest absolute Gasteiger partial charge is 0.263 e. The Bertz CT molecular complexity index is 3390. The fraction of sp³-hybridized carbons (Fsp3) is 0.270. The first-order valence-electron chi connectivity index (χ1n) is 26.4. The van der Waals surface area contributed by atoms with E-state index in [1.807, 2.05) is 80.3 Å². The maximum Gasteiger partial charge on any atom is 0.263 e. The summed E-state index contributed by atoms with van der Waals surface area (Å²) in [6, 6.07) is 38.9. The van der Waals surface area contributed by atoms with Crippen LogP contribution in [-0.4, -0.2) is 69.0 Å². The number of alkyl halides is 2. The predicted octanol–water partition coefficient (Wildman–Crippen LogP) is 13.2. The minimum Gasteiger partial charge on any atom is -0.457 e. The summed E-state index contributed by atoms with van der Waals surface area (Å²) in [5.41, 5.74) is 22.6. The number of hydrogen-bond donors (Lipinski definition) is 4. The summed E-state index contributed by atoms with van der Waals surface area (Å²) in [6.07, 6.45) is 9.81. The van der Waals surface area contributed by atoms with Crippen molar-refractivity contribution in [2.75, 3.05) is 36.8 Å². The molecule has 2 atom stereocenters. The zero-order chi connectivity index (χ0) is 54.9. The van der Waals surface area contributed by atoms with Crippen LogP contribution in [0.1, 0.15) is 91.8 Å². The van der Waals surface area contributed by atoms with E-state index in [4.69, 9.17) is 20.9 Å². The fourth-order valence-corrected chi connectivity index (χ4v) is 9.89. The molecule has 0 unspecified atom stereocenters. The van der Waals surface area contributed by atoms with E-state index < -0.39 is 6.43 Å². The third-order valence-electron chi connectivity index (χ3n) is 13.9.